The predicted octanol–water partition coefficient (Wildman–Crippen LogP) is 1.27. The van der Waals surface area contributed by atoms with Crippen molar-refractivity contribution in [3.05, 3.63) is 23.8 Å². The van der Waals surface area contributed by atoms with E-state index >= 15 is 0 Å². The van der Waals surface area contributed by atoms with Gasteiger partial charge in [-0.05, 0) is 25.1 Å². The number of hydrazone groups is 1. The number of amides is 2. The molecule has 0 saturated heterocycles. The summed E-state index contributed by atoms with van der Waals surface area (Å²) in [5.74, 6) is 0.445. The minimum atomic E-state index is -0.487. The first-order valence-corrected chi connectivity index (χ1v) is 6.53. The van der Waals surface area contributed by atoms with E-state index in [0.29, 0.717) is 17.9 Å². The molecule has 0 aliphatic carbocycles. The SMILES string of the molecule is CC1CC(=O)NN=C1c1ccc2c(c1)NC(=O)C(C)O2. The third kappa shape index (κ3) is 2.13. The Labute approximate surface area is 116 Å². The van der Waals surface area contributed by atoms with Crippen LogP contribution in [0.1, 0.15) is 25.8 Å². The Morgan fingerprint density at radius 2 is 2.10 bits per heavy atom. The van der Waals surface area contributed by atoms with E-state index in [2.05, 4.69) is 15.8 Å². The van der Waals surface area contributed by atoms with E-state index in [1.807, 2.05) is 25.1 Å². The molecule has 2 atom stereocenters. The summed E-state index contributed by atoms with van der Waals surface area (Å²) < 4.78 is 5.51. The number of benzene rings is 1. The molecule has 0 radical (unpaired) electrons. The van der Waals surface area contributed by atoms with Gasteiger partial charge in [-0.25, -0.2) is 5.43 Å². The van der Waals surface area contributed by atoms with Gasteiger partial charge >= 0.3 is 0 Å². The number of nitrogens with zero attached hydrogens (tertiary/aromatic N) is 1. The van der Waals surface area contributed by atoms with E-state index in [1.54, 1.807) is 6.92 Å². The van der Waals surface area contributed by atoms with Crippen LogP contribution < -0.4 is 15.5 Å². The first-order valence-electron chi connectivity index (χ1n) is 6.53. The average molecular weight is 273 g/mol. The van der Waals surface area contributed by atoms with Crippen molar-refractivity contribution in [1.29, 1.82) is 0 Å². The van der Waals surface area contributed by atoms with Crippen molar-refractivity contribution < 1.29 is 14.3 Å². The van der Waals surface area contributed by atoms with Gasteiger partial charge in [0.15, 0.2) is 6.10 Å². The molecule has 2 aliphatic rings. The summed E-state index contributed by atoms with van der Waals surface area (Å²) >= 11 is 0. The molecule has 6 heteroatoms. The maximum Gasteiger partial charge on any atom is 0.265 e. The molecule has 2 amide bonds. The van der Waals surface area contributed by atoms with Crippen molar-refractivity contribution in [2.24, 2.45) is 11.0 Å². The number of ether oxygens (including phenoxy) is 1. The van der Waals surface area contributed by atoms with Gasteiger partial charge in [0.1, 0.15) is 5.75 Å². The first kappa shape index (κ1) is 12.7. The standard InChI is InChI=1S/C14H15N3O3/c1-7-5-12(18)16-17-13(7)9-3-4-11-10(6-9)15-14(19)8(2)20-11/h3-4,6-8H,5H2,1-2H3,(H,15,19)(H,16,18). The smallest absolute Gasteiger partial charge is 0.265 e. The van der Waals surface area contributed by atoms with Crippen LogP contribution in [0.15, 0.2) is 23.3 Å². The van der Waals surface area contributed by atoms with Crippen molar-refractivity contribution in [3.8, 4) is 5.75 Å². The summed E-state index contributed by atoms with van der Waals surface area (Å²) in [5, 5.41) is 6.91. The molecule has 104 valence electrons. The fourth-order valence-electron chi connectivity index (χ4n) is 2.37. The molecule has 2 N–H and O–H groups in total. The van der Waals surface area contributed by atoms with Gasteiger partial charge in [0.25, 0.3) is 5.91 Å². The Bertz CT molecular complexity index is 624. The van der Waals surface area contributed by atoms with Gasteiger partial charge in [-0.3, -0.25) is 9.59 Å². The molecular formula is C14H15N3O3. The highest BCUT2D eigenvalue weighted by Gasteiger charge is 2.26. The van der Waals surface area contributed by atoms with Gasteiger partial charge < -0.3 is 10.1 Å². The van der Waals surface area contributed by atoms with E-state index in [-0.39, 0.29) is 17.7 Å². The number of hydrogen-bond acceptors (Lipinski definition) is 4. The molecule has 0 spiro atoms. The van der Waals surface area contributed by atoms with Crippen LogP contribution in [0.3, 0.4) is 0 Å². The lowest BCUT2D eigenvalue weighted by molar-refractivity contribution is -0.123. The Balaban J connectivity index is 1.95. The molecule has 2 unspecified atom stereocenters. The van der Waals surface area contributed by atoms with E-state index in [0.717, 1.165) is 11.3 Å². The highest BCUT2D eigenvalue weighted by Crippen LogP contribution is 2.31. The molecule has 2 aliphatic heterocycles. The number of rotatable bonds is 1. The van der Waals surface area contributed by atoms with Crippen molar-refractivity contribution in [1.82, 2.24) is 5.43 Å². The molecule has 0 fully saturated rings. The van der Waals surface area contributed by atoms with Gasteiger partial charge in [0, 0.05) is 17.9 Å². The Hall–Kier alpha value is -2.37. The maximum absolute atomic E-state index is 11.6. The summed E-state index contributed by atoms with van der Waals surface area (Å²) in [6, 6.07) is 5.52. The van der Waals surface area contributed by atoms with Crippen LogP contribution in [0.2, 0.25) is 0 Å². The van der Waals surface area contributed by atoms with Gasteiger partial charge in [0.05, 0.1) is 11.4 Å². The van der Waals surface area contributed by atoms with Crippen LogP contribution in [-0.4, -0.2) is 23.6 Å². The molecule has 2 heterocycles. The van der Waals surface area contributed by atoms with Crippen LogP contribution in [0.4, 0.5) is 5.69 Å². The van der Waals surface area contributed by atoms with E-state index < -0.39 is 6.10 Å². The topological polar surface area (TPSA) is 79.8 Å². The second-order valence-electron chi connectivity index (χ2n) is 5.10. The molecule has 6 nitrogen and oxygen atoms in total. The lowest BCUT2D eigenvalue weighted by Gasteiger charge is -2.25. The normalized spacial score (nSPS) is 25.0. The van der Waals surface area contributed by atoms with Gasteiger partial charge in [0.2, 0.25) is 5.91 Å². The summed E-state index contributed by atoms with van der Waals surface area (Å²) in [4.78, 5) is 22.9. The lowest BCUT2D eigenvalue weighted by atomic mass is 9.93. The molecule has 0 aromatic heterocycles. The van der Waals surface area contributed by atoms with Crippen LogP contribution >= 0.6 is 0 Å². The van der Waals surface area contributed by atoms with Crippen LogP contribution in [0.5, 0.6) is 5.75 Å². The summed E-state index contributed by atoms with van der Waals surface area (Å²) in [7, 11) is 0. The molecule has 1 aromatic rings. The molecule has 20 heavy (non-hydrogen) atoms. The zero-order valence-electron chi connectivity index (χ0n) is 11.3. The third-order valence-electron chi connectivity index (χ3n) is 3.47. The first-order chi connectivity index (χ1) is 9.54. The Kier molecular flexibility index (Phi) is 2.93. The Morgan fingerprint density at radius 3 is 2.85 bits per heavy atom. The fourth-order valence-corrected chi connectivity index (χ4v) is 2.37. The van der Waals surface area contributed by atoms with Gasteiger partial charge in [-0.2, -0.15) is 5.10 Å². The number of carbonyl (C=O) groups excluding carboxylic acids is 2. The van der Waals surface area contributed by atoms with Crippen LogP contribution in [0.25, 0.3) is 0 Å². The molecule has 0 bridgehead atoms. The Morgan fingerprint density at radius 1 is 1.30 bits per heavy atom. The molecule has 3 rings (SSSR count). The largest absolute Gasteiger partial charge is 0.479 e. The molecular weight excluding hydrogens is 258 g/mol. The highest BCUT2D eigenvalue weighted by atomic mass is 16.5. The van der Waals surface area contributed by atoms with Crippen LogP contribution in [-0.2, 0) is 9.59 Å². The van der Waals surface area contributed by atoms with Crippen molar-refractivity contribution in [2.75, 3.05) is 5.32 Å². The number of carbonyl (C=O) groups is 2. The highest BCUT2D eigenvalue weighted by molar-refractivity contribution is 6.07. The summed E-state index contributed by atoms with van der Waals surface area (Å²) in [6.45, 7) is 3.66. The number of fused-ring (bicyclic) bond motifs is 1. The minimum Gasteiger partial charge on any atom is -0.479 e. The molecule has 0 saturated carbocycles. The van der Waals surface area contributed by atoms with Crippen molar-refractivity contribution in [2.45, 2.75) is 26.4 Å². The van der Waals surface area contributed by atoms with E-state index in [4.69, 9.17) is 4.74 Å². The summed E-state index contributed by atoms with van der Waals surface area (Å²) in [5.41, 5.74) is 4.80. The van der Waals surface area contributed by atoms with Crippen molar-refractivity contribution >= 4 is 23.2 Å². The number of nitrogens with one attached hydrogen (secondary N) is 2. The number of hydrogen-bond donors (Lipinski definition) is 2. The lowest BCUT2D eigenvalue weighted by Crippen LogP contribution is -2.35. The third-order valence-corrected chi connectivity index (χ3v) is 3.47. The minimum absolute atomic E-state index is 0.0425. The zero-order valence-corrected chi connectivity index (χ0v) is 11.3. The van der Waals surface area contributed by atoms with Crippen molar-refractivity contribution in [3.63, 3.8) is 0 Å². The fraction of sp³-hybridized carbons (Fsp3) is 0.357. The zero-order chi connectivity index (χ0) is 14.3. The monoisotopic (exact) mass is 273 g/mol. The van der Waals surface area contributed by atoms with Gasteiger partial charge in [-0.15, -0.1) is 0 Å². The van der Waals surface area contributed by atoms with Crippen LogP contribution in [0, 0.1) is 5.92 Å². The molecule has 1 aromatic carbocycles. The second-order valence-corrected chi connectivity index (χ2v) is 5.10. The van der Waals surface area contributed by atoms with E-state index in [9.17, 15) is 9.59 Å². The number of anilines is 1. The maximum atomic E-state index is 11.6. The second kappa shape index (κ2) is 4.63. The average Bonchev–Trinajstić information content (AvgIpc) is 2.40. The predicted molar refractivity (Wildman–Crippen MR) is 73.6 cm³/mol. The van der Waals surface area contributed by atoms with Gasteiger partial charge in [-0.1, -0.05) is 6.92 Å². The summed E-state index contributed by atoms with van der Waals surface area (Å²) in [6.07, 6.45) is -0.0749. The quantitative estimate of drug-likeness (QED) is 0.808. The van der Waals surface area contributed by atoms with E-state index in [1.165, 1.54) is 0 Å².